The number of ether oxygens (including phenoxy) is 1. The number of ketones is 1. The van der Waals surface area contributed by atoms with Gasteiger partial charge in [-0.2, -0.15) is 0 Å². The summed E-state index contributed by atoms with van der Waals surface area (Å²) < 4.78 is 18.8. The van der Waals surface area contributed by atoms with E-state index in [1.54, 1.807) is 4.90 Å². The fraction of sp³-hybridized carbons (Fsp3) is 0.333. The zero-order valence-corrected chi connectivity index (χ0v) is 14.8. The van der Waals surface area contributed by atoms with Gasteiger partial charge in [-0.25, -0.2) is 4.39 Å². The minimum absolute atomic E-state index is 0.139. The van der Waals surface area contributed by atoms with Gasteiger partial charge in [-0.05, 0) is 36.6 Å². The summed E-state index contributed by atoms with van der Waals surface area (Å²) in [6, 6.07) is 13.5. The van der Waals surface area contributed by atoms with Crippen LogP contribution in [0.2, 0.25) is 0 Å². The number of methoxy groups -OCH3 is 1. The molecule has 0 bridgehead atoms. The smallest absolute Gasteiger partial charge is 0.257 e. The number of hydrogen-bond acceptors (Lipinski definition) is 3. The molecule has 1 aliphatic rings. The molecule has 0 N–H and O–H groups in total. The van der Waals surface area contributed by atoms with E-state index in [9.17, 15) is 14.0 Å². The fourth-order valence-electron chi connectivity index (χ4n) is 3.38. The number of carbonyl (C=O) groups is 2. The van der Waals surface area contributed by atoms with Gasteiger partial charge in [0, 0.05) is 25.4 Å². The summed E-state index contributed by atoms with van der Waals surface area (Å²) in [5, 5.41) is 0. The van der Waals surface area contributed by atoms with Crippen LogP contribution in [0.15, 0.2) is 48.5 Å². The van der Waals surface area contributed by atoms with Gasteiger partial charge in [0.1, 0.15) is 17.3 Å². The molecule has 5 heteroatoms. The molecular weight excluding hydrogens is 333 g/mol. The Morgan fingerprint density at radius 2 is 1.96 bits per heavy atom. The molecule has 0 spiro atoms. The molecule has 4 nitrogen and oxygen atoms in total. The van der Waals surface area contributed by atoms with Crippen molar-refractivity contribution in [1.82, 2.24) is 4.90 Å². The summed E-state index contributed by atoms with van der Waals surface area (Å²) in [5.74, 6) is -0.483. The van der Waals surface area contributed by atoms with Crippen molar-refractivity contribution in [3.63, 3.8) is 0 Å². The predicted octanol–water partition coefficient (Wildman–Crippen LogP) is 3.50. The SMILES string of the molecule is COc1ccc(F)cc1C(=O)N1CCCC(C(=O)Cc2ccccc2)C1. The highest BCUT2D eigenvalue weighted by Crippen LogP contribution is 2.25. The number of Topliss-reactive ketones (excluding diaryl/α,β-unsaturated/α-hetero) is 1. The number of halogens is 1. The lowest BCUT2D eigenvalue weighted by Gasteiger charge is -2.32. The first-order valence-corrected chi connectivity index (χ1v) is 8.78. The van der Waals surface area contributed by atoms with Gasteiger partial charge < -0.3 is 9.64 Å². The van der Waals surface area contributed by atoms with Crippen LogP contribution in [0.5, 0.6) is 5.75 Å². The maximum atomic E-state index is 13.6. The molecule has 2 aromatic carbocycles. The van der Waals surface area contributed by atoms with Crippen molar-refractivity contribution in [2.24, 2.45) is 5.92 Å². The van der Waals surface area contributed by atoms with Gasteiger partial charge in [0.25, 0.3) is 5.91 Å². The van der Waals surface area contributed by atoms with Crippen LogP contribution in [-0.2, 0) is 11.2 Å². The van der Waals surface area contributed by atoms with E-state index in [1.165, 1.54) is 25.3 Å². The first kappa shape index (κ1) is 18.1. The van der Waals surface area contributed by atoms with Crippen LogP contribution < -0.4 is 4.74 Å². The summed E-state index contributed by atoms with van der Waals surface area (Å²) in [5.41, 5.74) is 1.18. The molecular formula is C21H22FNO3. The highest BCUT2D eigenvalue weighted by Gasteiger charge is 2.30. The van der Waals surface area contributed by atoms with Crippen molar-refractivity contribution >= 4 is 11.7 Å². The van der Waals surface area contributed by atoms with E-state index in [1.807, 2.05) is 30.3 Å². The first-order chi connectivity index (χ1) is 12.6. The highest BCUT2D eigenvalue weighted by atomic mass is 19.1. The number of hydrogen-bond donors (Lipinski definition) is 0. The minimum atomic E-state index is -0.483. The van der Waals surface area contributed by atoms with E-state index in [4.69, 9.17) is 4.74 Å². The summed E-state index contributed by atoms with van der Waals surface area (Å²) in [6.45, 7) is 0.928. The molecule has 0 radical (unpaired) electrons. The van der Waals surface area contributed by atoms with Gasteiger partial charge >= 0.3 is 0 Å². The Bertz CT molecular complexity index is 791. The standard InChI is InChI=1S/C21H22FNO3/c1-26-20-10-9-17(22)13-18(20)21(25)23-11-5-8-16(14-23)19(24)12-15-6-3-2-4-7-15/h2-4,6-7,9-10,13,16H,5,8,11-12,14H2,1H3. The lowest BCUT2D eigenvalue weighted by molar-refractivity contribution is -0.123. The number of carbonyl (C=O) groups excluding carboxylic acids is 2. The number of benzene rings is 2. The molecule has 1 amide bonds. The Morgan fingerprint density at radius 3 is 2.69 bits per heavy atom. The maximum absolute atomic E-state index is 13.6. The highest BCUT2D eigenvalue weighted by molar-refractivity contribution is 5.97. The molecule has 3 rings (SSSR count). The summed E-state index contributed by atoms with van der Waals surface area (Å²) in [4.78, 5) is 27.1. The lowest BCUT2D eigenvalue weighted by Crippen LogP contribution is -2.42. The van der Waals surface area contributed by atoms with Crippen LogP contribution in [0.25, 0.3) is 0 Å². The van der Waals surface area contributed by atoms with Crippen molar-refractivity contribution in [3.8, 4) is 5.75 Å². The van der Waals surface area contributed by atoms with Crippen LogP contribution >= 0.6 is 0 Å². The van der Waals surface area contributed by atoms with Crippen LogP contribution in [0.3, 0.4) is 0 Å². The van der Waals surface area contributed by atoms with Crippen molar-refractivity contribution in [2.45, 2.75) is 19.3 Å². The third-order valence-electron chi connectivity index (χ3n) is 4.78. The summed E-state index contributed by atoms with van der Waals surface area (Å²) >= 11 is 0. The molecule has 0 saturated carbocycles. The molecule has 0 aromatic heterocycles. The zero-order valence-electron chi connectivity index (χ0n) is 14.8. The maximum Gasteiger partial charge on any atom is 0.257 e. The molecule has 26 heavy (non-hydrogen) atoms. The van der Waals surface area contributed by atoms with Gasteiger partial charge in [0.2, 0.25) is 0 Å². The minimum Gasteiger partial charge on any atom is -0.496 e. The average Bonchev–Trinajstić information content (AvgIpc) is 2.68. The number of amides is 1. The second-order valence-corrected chi connectivity index (χ2v) is 6.56. The molecule has 1 fully saturated rings. The average molecular weight is 355 g/mol. The van der Waals surface area contributed by atoms with E-state index in [0.717, 1.165) is 18.4 Å². The normalized spacial score (nSPS) is 17.0. The molecule has 1 unspecified atom stereocenters. The number of piperidine rings is 1. The predicted molar refractivity (Wildman–Crippen MR) is 96.7 cm³/mol. The van der Waals surface area contributed by atoms with Crippen molar-refractivity contribution in [1.29, 1.82) is 0 Å². The third kappa shape index (κ3) is 4.10. The molecule has 1 atom stereocenters. The van der Waals surface area contributed by atoms with Crippen molar-refractivity contribution < 1.29 is 18.7 Å². The monoisotopic (exact) mass is 355 g/mol. The van der Waals surface area contributed by atoms with Gasteiger partial charge in [0.05, 0.1) is 12.7 Å². The third-order valence-corrected chi connectivity index (χ3v) is 4.78. The van der Waals surface area contributed by atoms with E-state index >= 15 is 0 Å². The van der Waals surface area contributed by atoms with Gasteiger partial charge in [-0.15, -0.1) is 0 Å². The van der Waals surface area contributed by atoms with E-state index < -0.39 is 5.82 Å². The lowest BCUT2D eigenvalue weighted by atomic mass is 9.90. The summed E-state index contributed by atoms with van der Waals surface area (Å²) in [7, 11) is 1.45. The molecule has 136 valence electrons. The van der Waals surface area contributed by atoms with Crippen LogP contribution in [0.4, 0.5) is 4.39 Å². The zero-order chi connectivity index (χ0) is 18.5. The second kappa shape index (κ2) is 8.13. The van der Waals surface area contributed by atoms with Crippen LogP contribution in [0, 0.1) is 11.7 Å². The Hall–Kier alpha value is -2.69. The Morgan fingerprint density at radius 1 is 1.19 bits per heavy atom. The Balaban J connectivity index is 1.71. The summed E-state index contributed by atoms with van der Waals surface area (Å²) in [6.07, 6.45) is 1.90. The Kier molecular flexibility index (Phi) is 5.66. The van der Waals surface area contributed by atoms with Crippen LogP contribution in [-0.4, -0.2) is 36.8 Å². The van der Waals surface area contributed by atoms with Gasteiger partial charge in [-0.3, -0.25) is 9.59 Å². The van der Waals surface area contributed by atoms with Crippen molar-refractivity contribution in [3.05, 3.63) is 65.5 Å². The Labute approximate surface area is 152 Å². The second-order valence-electron chi connectivity index (χ2n) is 6.56. The molecule has 1 aliphatic heterocycles. The van der Waals surface area contributed by atoms with Crippen LogP contribution in [0.1, 0.15) is 28.8 Å². The van der Waals surface area contributed by atoms with Gasteiger partial charge in [0.15, 0.2) is 0 Å². The van der Waals surface area contributed by atoms with E-state index in [0.29, 0.717) is 25.3 Å². The largest absolute Gasteiger partial charge is 0.496 e. The van der Waals surface area contributed by atoms with Crippen molar-refractivity contribution in [2.75, 3.05) is 20.2 Å². The quantitative estimate of drug-likeness (QED) is 0.825. The molecule has 0 aliphatic carbocycles. The fourth-order valence-corrected chi connectivity index (χ4v) is 3.38. The number of rotatable bonds is 5. The first-order valence-electron chi connectivity index (χ1n) is 8.78. The molecule has 1 saturated heterocycles. The van der Waals surface area contributed by atoms with Gasteiger partial charge in [-0.1, -0.05) is 30.3 Å². The van der Waals surface area contributed by atoms with E-state index in [2.05, 4.69) is 0 Å². The molecule has 2 aromatic rings. The molecule has 1 heterocycles. The van der Waals surface area contributed by atoms with E-state index in [-0.39, 0.29) is 23.2 Å². The topological polar surface area (TPSA) is 46.6 Å². The number of nitrogens with zero attached hydrogens (tertiary/aromatic N) is 1. The number of likely N-dealkylation sites (tertiary alicyclic amines) is 1.